The Kier molecular flexibility index (Phi) is 7.17. The standard InChI is InChI=1S/C23H30ClNO2/c1-2-23(26,19-7-11-21(24)12-8-19)20-9-13-22(14-10-20)27-18-6-17-25-15-4-3-5-16-25/h7-14,26H,2-6,15-18H2,1H3. The molecule has 4 heteroatoms. The lowest BCUT2D eigenvalue weighted by atomic mass is 9.84. The van der Waals surface area contributed by atoms with E-state index in [1.165, 1.54) is 32.4 Å². The van der Waals surface area contributed by atoms with Gasteiger partial charge in [0.05, 0.1) is 6.61 Å². The maximum absolute atomic E-state index is 11.2. The van der Waals surface area contributed by atoms with Gasteiger partial charge in [0, 0.05) is 11.6 Å². The van der Waals surface area contributed by atoms with Crippen LogP contribution in [-0.2, 0) is 5.60 Å². The van der Waals surface area contributed by atoms with Gasteiger partial charge in [0.2, 0.25) is 0 Å². The minimum atomic E-state index is -1.02. The van der Waals surface area contributed by atoms with Crippen molar-refractivity contribution >= 4 is 11.6 Å². The molecule has 0 aromatic heterocycles. The Labute approximate surface area is 167 Å². The molecule has 27 heavy (non-hydrogen) atoms. The van der Waals surface area contributed by atoms with Crippen molar-refractivity contribution in [3.05, 3.63) is 64.7 Å². The van der Waals surface area contributed by atoms with E-state index in [1.54, 1.807) is 0 Å². The highest BCUT2D eigenvalue weighted by Gasteiger charge is 2.29. The maximum Gasteiger partial charge on any atom is 0.119 e. The Morgan fingerprint density at radius 3 is 2.15 bits per heavy atom. The van der Waals surface area contributed by atoms with Crippen LogP contribution in [0.5, 0.6) is 5.75 Å². The topological polar surface area (TPSA) is 32.7 Å². The van der Waals surface area contributed by atoms with Gasteiger partial charge in [-0.25, -0.2) is 0 Å². The van der Waals surface area contributed by atoms with Gasteiger partial charge in [-0.1, -0.05) is 49.2 Å². The second kappa shape index (κ2) is 9.59. The first kappa shape index (κ1) is 20.2. The first-order valence-electron chi connectivity index (χ1n) is 10.1. The van der Waals surface area contributed by atoms with E-state index in [4.69, 9.17) is 16.3 Å². The van der Waals surface area contributed by atoms with Gasteiger partial charge in [-0.15, -0.1) is 0 Å². The summed E-state index contributed by atoms with van der Waals surface area (Å²) < 4.78 is 5.89. The van der Waals surface area contributed by atoms with Crippen molar-refractivity contribution in [2.45, 2.75) is 44.6 Å². The van der Waals surface area contributed by atoms with Gasteiger partial charge < -0.3 is 14.7 Å². The van der Waals surface area contributed by atoms with Crippen LogP contribution in [0.25, 0.3) is 0 Å². The summed E-state index contributed by atoms with van der Waals surface area (Å²) in [6, 6.07) is 15.2. The number of likely N-dealkylation sites (tertiary alicyclic amines) is 1. The van der Waals surface area contributed by atoms with E-state index in [0.29, 0.717) is 11.4 Å². The minimum absolute atomic E-state index is 0.588. The molecule has 0 radical (unpaired) electrons. The van der Waals surface area contributed by atoms with Crippen molar-refractivity contribution in [1.29, 1.82) is 0 Å². The molecule has 0 spiro atoms. The maximum atomic E-state index is 11.2. The molecule has 3 nitrogen and oxygen atoms in total. The Hall–Kier alpha value is -1.55. The zero-order valence-electron chi connectivity index (χ0n) is 16.2. The molecule has 1 unspecified atom stereocenters. The fourth-order valence-corrected chi connectivity index (χ4v) is 3.91. The molecule has 0 amide bonds. The zero-order chi connectivity index (χ0) is 19.1. The summed E-state index contributed by atoms with van der Waals surface area (Å²) in [5.41, 5.74) is 0.704. The van der Waals surface area contributed by atoms with Crippen LogP contribution in [0, 0.1) is 0 Å². The van der Waals surface area contributed by atoms with Crippen molar-refractivity contribution in [3.63, 3.8) is 0 Å². The zero-order valence-corrected chi connectivity index (χ0v) is 16.9. The van der Waals surface area contributed by atoms with Gasteiger partial charge in [-0.05, 0) is 74.2 Å². The van der Waals surface area contributed by atoms with Crippen molar-refractivity contribution in [2.24, 2.45) is 0 Å². The number of nitrogens with zero attached hydrogens (tertiary/aromatic N) is 1. The molecule has 1 fully saturated rings. The van der Waals surface area contributed by atoms with Gasteiger partial charge in [-0.2, -0.15) is 0 Å². The Balaban J connectivity index is 1.56. The molecule has 0 bridgehead atoms. The summed E-state index contributed by atoms with van der Waals surface area (Å²) in [6.45, 7) is 6.29. The molecule has 1 aliphatic rings. The summed E-state index contributed by atoms with van der Waals surface area (Å²) in [5, 5.41) is 11.9. The van der Waals surface area contributed by atoms with Crippen molar-refractivity contribution < 1.29 is 9.84 Å². The fourth-order valence-electron chi connectivity index (χ4n) is 3.79. The Bertz CT molecular complexity index is 695. The number of benzene rings is 2. The first-order chi connectivity index (χ1) is 13.1. The summed E-state index contributed by atoms with van der Waals surface area (Å²) in [4.78, 5) is 2.53. The smallest absolute Gasteiger partial charge is 0.119 e. The van der Waals surface area contributed by atoms with Crippen LogP contribution in [0.4, 0.5) is 0 Å². The molecular formula is C23H30ClNO2. The van der Waals surface area contributed by atoms with E-state index in [9.17, 15) is 5.11 Å². The van der Waals surface area contributed by atoms with E-state index in [0.717, 1.165) is 36.4 Å². The van der Waals surface area contributed by atoms with Gasteiger partial charge in [0.25, 0.3) is 0 Å². The Morgan fingerprint density at radius 2 is 1.56 bits per heavy atom. The monoisotopic (exact) mass is 387 g/mol. The van der Waals surface area contributed by atoms with Gasteiger partial charge in [0.1, 0.15) is 11.4 Å². The van der Waals surface area contributed by atoms with E-state index in [2.05, 4.69) is 4.90 Å². The number of ether oxygens (including phenoxy) is 1. The molecule has 1 atom stereocenters. The number of hydrogen-bond acceptors (Lipinski definition) is 3. The number of aliphatic hydroxyl groups is 1. The van der Waals surface area contributed by atoms with Crippen molar-refractivity contribution in [1.82, 2.24) is 4.90 Å². The third-order valence-corrected chi connectivity index (χ3v) is 5.75. The normalized spacial score (nSPS) is 17.4. The lowest BCUT2D eigenvalue weighted by Gasteiger charge is -2.28. The van der Waals surface area contributed by atoms with Crippen LogP contribution in [-0.4, -0.2) is 36.2 Å². The molecule has 1 heterocycles. The minimum Gasteiger partial charge on any atom is -0.494 e. The van der Waals surface area contributed by atoms with E-state index in [-0.39, 0.29) is 0 Å². The lowest BCUT2D eigenvalue weighted by molar-refractivity contribution is 0.0765. The van der Waals surface area contributed by atoms with Gasteiger partial charge in [-0.3, -0.25) is 0 Å². The van der Waals surface area contributed by atoms with Gasteiger partial charge >= 0.3 is 0 Å². The van der Waals surface area contributed by atoms with E-state index >= 15 is 0 Å². The Morgan fingerprint density at radius 1 is 0.963 bits per heavy atom. The van der Waals surface area contributed by atoms with Crippen LogP contribution in [0.1, 0.15) is 50.2 Å². The van der Waals surface area contributed by atoms with Crippen LogP contribution in [0.3, 0.4) is 0 Å². The molecule has 0 saturated carbocycles. The first-order valence-corrected chi connectivity index (χ1v) is 10.4. The fraction of sp³-hybridized carbons (Fsp3) is 0.478. The molecule has 1 saturated heterocycles. The van der Waals surface area contributed by atoms with E-state index < -0.39 is 5.60 Å². The highest BCUT2D eigenvalue weighted by atomic mass is 35.5. The molecule has 1 aliphatic heterocycles. The average molecular weight is 388 g/mol. The number of rotatable bonds is 8. The largest absolute Gasteiger partial charge is 0.494 e. The van der Waals surface area contributed by atoms with Crippen LogP contribution in [0.2, 0.25) is 5.02 Å². The third kappa shape index (κ3) is 5.25. The summed E-state index contributed by atoms with van der Waals surface area (Å²) in [7, 11) is 0. The van der Waals surface area contributed by atoms with Crippen molar-refractivity contribution in [3.8, 4) is 5.75 Å². The molecule has 3 rings (SSSR count). The summed E-state index contributed by atoms with van der Waals surface area (Å²) in [5.74, 6) is 0.854. The molecule has 2 aromatic carbocycles. The highest BCUT2D eigenvalue weighted by molar-refractivity contribution is 6.30. The molecular weight excluding hydrogens is 358 g/mol. The third-order valence-electron chi connectivity index (χ3n) is 5.50. The summed E-state index contributed by atoms with van der Waals surface area (Å²) in [6.07, 6.45) is 5.67. The van der Waals surface area contributed by atoms with Crippen LogP contribution < -0.4 is 4.74 Å². The van der Waals surface area contributed by atoms with Gasteiger partial charge in [0.15, 0.2) is 0 Å². The van der Waals surface area contributed by atoms with Crippen molar-refractivity contribution in [2.75, 3.05) is 26.2 Å². The number of hydrogen-bond donors (Lipinski definition) is 1. The van der Waals surface area contributed by atoms with E-state index in [1.807, 2.05) is 55.5 Å². The second-order valence-electron chi connectivity index (χ2n) is 7.35. The molecule has 146 valence electrons. The number of halogens is 1. The second-order valence-corrected chi connectivity index (χ2v) is 7.79. The molecule has 0 aliphatic carbocycles. The quantitative estimate of drug-likeness (QED) is 0.628. The predicted octanol–water partition coefficient (Wildman–Crippen LogP) is 5.24. The molecule has 1 N–H and O–H groups in total. The highest BCUT2D eigenvalue weighted by Crippen LogP contribution is 2.34. The lowest BCUT2D eigenvalue weighted by Crippen LogP contribution is -2.31. The molecule has 2 aromatic rings. The average Bonchev–Trinajstić information content (AvgIpc) is 2.72. The van der Waals surface area contributed by atoms with Crippen LogP contribution in [0.15, 0.2) is 48.5 Å². The summed E-state index contributed by atoms with van der Waals surface area (Å²) >= 11 is 5.98. The predicted molar refractivity (Wildman–Crippen MR) is 112 cm³/mol. The number of piperidine rings is 1. The van der Waals surface area contributed by atoms with Crippen LogP contribution >= 0.6 is 11.6 Å². The SMILES string of the molecule is CCC(O)(c1ccc(Cl)cc1)c1ccc(OCCCN2CCCCC2)cc1.